The number of fused-ring (bicyclic) bond motifs is 1. The molecule has 1 aromatic heterocycles. The Kier molecular flexibility index (Phi) is 5.04. The highest BCUT2D eigenvalue weighted by molar-refractivity contribution is 6.30. The Morgan fingerprint density at radius 1 is 1.18 bits per heavy atom. The monoisotopic (exact) mass is 394 g/mol. The maximum atomic E-state index is 13.4. The summed E-state index contributed by atoms with van der Waals surface area (Å²) in [6.07, 6.45) is 2.47. The summed E-state index contributed by atoms with van der Waals surface area (Å²) in [7, 11) is 0. The average molecular weight is 395 g/mol. The van der Waals surface area contributed by atoms with Gasteiger partial charge in [0.25, 0.3) is 0 Å². The second-order valence-electron chi connectivity index (χ2n) is 6.36. The fourth-order valence-corrected chi connectivity index (χ4v) is 3.35. The molecule has 2 heterocycles. The quantitative estimate of drug-likeness (QED) is 0.372. The van der Waals surface area contributed by atoms with Gasteiger partial charge in [-0.1, -0.05) is 41.0 Å². The molecular formula is C21H16ClFN4O. The van der Waals surface area contributed by atoms with E-state index in [4.69, 9.17) is 11.6 Å². The topological polar surface area (TPSA) is 69.9 Å². The van der Waals surface area contributed by atoms with Crippen LogP contribution in [-0.2, 0) is 12.8 Å². The minimum Gasteiger partial charge on any atom is -0.411 e. The molecule has 0 aliphatic carbocycles. The van der Waals surface area contributed by atoms with E-state index in [-0.39, 0.29) is 5.02 Å². The zero-order valence-corrected chi connectivity index (χ0v) is 15.5. The number of benzene rings is 2. The molecule has 2 aromatic carbocycles. The van der Waals surface area contributed by atoms with Gasteiger partial charge < -0.3 is 10.5 Å². The number of aromatic nitrogens is 1. The number of aliphatic imine (C=N–C) groups is 1. The fourth-order valence-electron chi connectivity index (χ4n) is 3.14. The van der Waals surface area contributed by atoms with Crippen molar-refractivity contribution < 1.29 is 9.60 Å². The van der Waals surface area contributed by atoms with E-state index in [0.717, 1.165) is 28.2 Å². The summed E-state index contributed by atoms with van der Waals surface area (Å²) in [4.78, 5) is 8.87. The SMILES string of the molecule is O/N=C(\Cc1ccc(F)c(Cl)c1)c1ccnc2c1CC(Nc1ccccc1)=N2. The third-order valence-electron chi connectivity index (χ3n) is 4.47. The van der Waals surface area contributed by atoms with Gasteiger partial charge in [0.05, 0.1) is 10.7 Å². The van der Waals surface area contributed by atoms with E-state index in [2.05, 4.69) is 20.4 Å². The molecule has 0 saturated carbocycles. The number of pyridine rings is 1. The first-order chi connectivity index (χ1) is 13.6. The number of hydrogen-bond donors (Lipinski definition) is 2. The number of halogens is 2. The average Bonchev–Trinajstić information content (AvgIpc) is 3.12. The van der Waals surface area contributed by atoms with Crippen LogP contribution in [0.25, 0.3) is 0 Å². The number of amidine groups is 1. The number of rotatable bonds is 4. The molecule has 0 saturated heterocycles. The van der Waals surface area contributed by atoms with E-state index >= 15 is 0 Å². The van der Waals surface area contributed by atoms with Crippen LogP contribution in [0.5, 0.6) is 0 Å². The number of anilines is 1. The lowest BCUT2D eigenvalue weighted by atomic mass is 9.97. The normalized spacial score (nSPS) is 13.2. The number of hydrogen-bond acceptors (Lipinski definition) is 5. The van der Waals surface area contributed by atoms with Crippen LogP contribution in [0.3, 0.4) is 0 Å². The molecule has 0 fully saturated rings. The Labute approximate surface area is 166 Å². The molecule has 0 unspecified atom stereocenters. The van der Waals surface area contributed by atoms with Gasteiger partial charge >= 0.3 is 0 Å². The van der Waals surface area contributed by atoms with Gasteiger partial charge in [-0.15, -0.1) is 0 Å². The molecule has 2 N–H and O–H groups in total. The highest BCUT2D eigenvalue weighted by Gasteiger charge is 2.22. The van der Waals surface area contributed by atoms with Crippen molar-refractivity contribution >= 4 is 34.7 Å². The summed E-state index contributed by atoms with van der Waals surface area (Å²) in [5, 5.41) is 16.4. The molecule has 0 spiro atoms. The number of para-hydroxylation sites is 1. The van der Waals surface area contributed by atoms with Crippen LogP contribution in [0.15, 0.2) is 70.9 Å². The summed E-state index contributed by atoms with van der Waals surface area (Å²) < 4.78 is 13.4. The van der Waals surface area contributed by atoms with Crippen molar-refractivity contribution in [1.82, 2.24) is 4.98 Å². The molecule has 5 nitrogen and oxygen atoms in total. The Bertz CT molecular complexity index is 1080. The molecule has 7 heteroatoms. The molecule has 3 aromatic rings. The lowest BCUT2D eigenvalue weighted by Crippen LogP contribution is -2.14. The fraction of sp³-hybridized carbons (Fsp3) is 0.0952. The summed E-state index contributed by atoms with van der Waals surface area (Å²) >= 11 is 5.86. The molecule has 0 radical (unpaired) electrons. The first kappa shape index (κ1) is 18.1. The molecule has 140 valence electrons. The summed E-state index contributed by atoms with van der Waals surface area (Å²) in [5.41, 5.74) is 3.75. The number of nitrogens with zero attached hydrogens (tertiary/aromatic N) is 3. The van der Waals surface area contributed by atoms with Gasteiger partial charge in [0, 0.05) is 35.9 Å². The Balaban J connectivity index is 1.58. The summed E-state index contributed by atoms with van der Waals surface area (Å²) in [5.74, 6) is 0.875. The van der Waals surface area contributed by atoms with E-state index in [1.807, 2.05) is 30.3 Å². The zero-order chi connectivity index (χ0) is 19.5. The van der Waals surface area contributed by atoms with Gasteiger partial charge in [-0.25, -0.2) is 14.4 Å². The first-order valence-corrected chi connectivity index (χ1v) is 9.04. The van der Waals surface area contributed by atoms with Crippen LogP contribution in [0.1, 0.15) is 16.7 Å². The standard InChI is InChI=1S/C21H16ClFN4O/c22-17-10-13(6-7-18(17)23)11-19(27-28)15-8-9-24-21-16(15)12-20(26-21)25-14-4-2-1-3-5-14/h1-10,28H,11-12H2,(H,24,25,26)/b27-19+. The Morgan fingerprint density at radius 3 is 2.75 bits per heavy atom. The van der Waals surface area contributed by atoms with Crippen LogP contribution in [0, 0.1) is 5.82 Å². The van der Waals surface area contributed by atoms with Crippen molar-refractivity contribution in [3.05, 3.63) is 88.3 Å². The van der Waals surface area contributed by atoms with Crippen LogP contribution >= 0.6 is 11.6 Å². The van der Waals surface area contributed by atoms with Crippen molar-refractivity contribution in [3.8, 4) is 0 Å². The zero-order valence-electron chi connectivity index (χ0n) is 14.7. The van der Waals surface area contributed by atoms with Crippen molar-refractivity contribution in [2.24, 2.45) is 10.1 Å². The third kappa shape index (κ3) is 3.73. The van der Waals surface area contributed by atoms with Crippen molar-refractivity contribution in [2.75, 3.05) is 5.32 Å². The van der Waals surface area contributed by atoms with Gasteiger partial charge in [-0.2, -0.15) is 0 Å². The van der Waals surface area contributed by atoms with Gasteiger partial charge in [-0.3, -0.25) is 0 Å². The van der Waals surface area contributed by atoms with Gasteiger partial charge in [0.15, 0.2) is 5.82 Å². The molecule has 1 aliphatic heterocycles. The molecular weight excluding hydrogens is 379 g/mol. The predicted molar refractivity (Wildman–Crippen MR) is 109 cm³/mol. The van der Waals surface area contributed by atoms with Crippen molar-refractivity contribution in [3.63, 3.8) is 0 Å². The van der Waals surface area contributed by atoms with Gasteiger partial charge in [0.2, 0.25) is 0 Å². The highest BCUT2D eigenvalue weighted by atomic mass is 35.5. The van der Waals surface area contributed by atoms with Crippen molar-refractivity contribution in [1.29, 1.82) is 0 Å². The number of nitrogens with one attached hydrogen (secondary N) is 1. The second kappa shape index (κ2) is 7.78. The minimum absolute atomic E-state index is 0.0347. The second-order valence-corrected chi connectivity index (χ2v) is 6.77. The highest BCUT2D eigenvalue weighted by Crippen LogP contribution is 2.29. The minimum atomic E-state index is -0.484. The molecule has 0 amide bonds. The summed E-state index contributed by atoms with van der Waals surface area (Å²) in [6, 6.07) is 16.0. The largest absolute Gasteiger partial charge is 0.411 e. The van der Waals surface area contributed by atoms with Crippen LogP contribution in [0.4, 0.5) is 15.9 Å². The lowest BCUT2D eigenvalue weighted by Gasteiger charge is -2.10. The van der Waals surface area contributed by atoms with E-state index in [1.165, 1.54) is 12.1 Å². The molecule has 1 aliphatic rings. The summed E-state index contributed by atoms with van der Waals surface area (Å²) in [6.45, 7) is 0. The number of oxime groups is 1. The van der Waals surface area contributed by atoms with Crippen molar-refractivity contribution in [2.45, 2.75) is 12.8 Å². The van der Waals surface area contributed by atoms with E-state index in [0.29, 0.717) is 24.4 Å². The third-order valence-corrected chi connectivity index (χ3v) is 4.76. The smallest absolute Gasteiger partial charge is 0.158 e. The van der Waals surface area contributed by atoms with E-state index in [1.54, 1.807) is 18.3 Å². The first-order valence-electron chi connectivity index (χ1n) is 8.67. The predicted octanol–water partition coefficient (Wildman–Crippen LogP) is 4.99. The molecule has 0 bridgehead atoms. The molecule has 4 rings (SSSR count). The van der Waals surface area contributed by atoms with Gasteiger partial charge in [-0.05, 0) is 35.9 Å². The van der Waals surface area contributed by atoms with E-state index in [9.17, 15) is 9.60 Å². The Hall–Kier alpha value is -3.25. The van der Waals surface area contributed by atoms with E-state index < -0.39 is 5.82 Å². The van der Waals surface area contributed by atoms with Crippen LogP contribution in [-0.4, -0.2) is 21.7 Å². The maximum Gasteiger partial charge on any atom is 0.158 e. The van der Waals surface area contributed by atoms with Crippen LogP contribution in [0.2, 0.25) is 5.02 Å². The lowest BCUT2D eigenvalue weighted by molar-refractivity contribution is 0.318. The molecule has 0 atom stereocenters. The van der Waals surface area contributed by atoms with Gasteiger partial charge in [0.1, 0.15) is 11.7 Å². The Morgan fingerprint density at radius 2 is 2.00 bits per heavy atom. The maximum absolute atomic E-state index is 13.4. The molecule has 28 heavy (non-hydrogen) atoms. The van der Waals surface area contributed by atoms with Crippen LogP contribution < -0.4 is 5.32 Å².